The summed E-state index contributed by atoms with van der Waals surface area (Å²) in [4.78, 5) is 0. The molecule has 1 fully saturated rings. The molecule has 3 heteroatoms. The third kappa shape index (κ3) is 1.87. The van der Waals surface area contributed by atoms with Crippen LogP contribution in [0.1, 0.15) is 24.8 Å². The fourth-order valence-corrected chi connectivity index (χ4v) is 1.47. The van der Waals surface area contributed by atoms with Crippen molar-refractivity contribution in [1.29, 1.82) is 0 Å². The van der Waals surface area contributed by atoms with Crippen LogP contribution in [0.4, 0.5) is 10.1 Å². The molecule has 0 atom stereocenters. The second kappa shape index (κ2) is 3.96. The molecule has 0 aromatic heterocycles. The lowest BCUT2D eigenvalue weighted by atomic mass is 9.96. The van der Waals surface area contributed by atoms with E-state index in [4.69, 9.17) is 10.5 Å². The molecule has 2 rings (SSSR count). The molecule has 14 heavy (non-hydrogen) atoms. The van der Waals surface area contributed by atoms with Gasteiger partial charge in [-0.05, 0) is 31.4 Å². The molecule has 0 unspecified atom stereocenters. The van der Waals surface area contributed by atoms with Crippen molar-refractivity contribution in [3.05, 3.63) is 29.6 Å². The van der Waals surface area contributed by atoms with Crippen LogP contribution in [0, 0.1) is 5.82 Å². The molecule has 76 valence electrons. The van der Waals surface area contributed by atoms with Gasteiger partial charge in [0.05, 0.1) is 12.7 Å². The van der Waals surface area contributed by atoms with E-state index in [1.54, 1.807) is 12.1 Å². The number of anilines is 1. The van der Waals surface area contributed by atoms with E-state index in [-0.39, 0.29) is 5.82 Å². The lowest BCUT2D eigenvalue weighted by Gasteiger charge is -2.25. The molecule has 2 nitrogen and oxygen atoms in total. The van der Waals surface area contributed by atoms with E-state index in [9.17, 15) is 4.39 Å². The molecule has 0 amide bonds. The van der Waals surface area contributed by atoms with Gasteiger partial charge in [-0.1, -0.05) is 6.07 Å². The van der Waals surface area contributed by atoms with E-state index < -0.39 is 0 Å². The van der Waals surface area contributed by atoms with Crippen molar-refractivity contribution in [1.82, 2.24) is 0 Å². The monoisotopic (exact) mass is 195 g/mol. The summed E-state index contributed by atoms with van der Waals surface area (Å²) in [6.45, 7) is 0.295. The Morgan fingerprint density at radius 3 is 2.79 bits per heavy atom. The van der Waals surface area contributed by atoms with Gasteiger partial charge in [0.25, 0.3) is 0 Å². The number of rotatable bonds is 3. The smallest absolute Gasteiger partial charge is 0.130 e. The normalized spacial score (nSPS) is 16.6. The lowest BCUT2D eigenvalue weighted by molar-refractivity contribution is -0.00948. The largest absolute Gasteiger partial charge is 0.398 e. The average molecular weight is 195 g/mol. The average Bonchev–Trinajstić information content (AvgIpc) is 2.07. The zero-order valence-electron chi connectivity index (χ0n) is 8.00. The molecule has 0 aliphatic heterocycles. The maximum Gasteiger partial charge on any atom is 0.130 e. The van der Waals surface area contributed by atoms with E-state index in [1.165, 1.54) is 12.5 Å². The predicted octanol–water partition coefficient (Wildman–Crippen LogP) is 2.48. The highest BCUT2D eigenvalue weighted by Gasteiger charge is 2.18. The molecule has 0 radical (unpaired) electrons. The summed E-state index contributed by atoms with van der Waals surface area (Å²) in [5.41, 5.74) is 6.61. The molecule has 1 aromatic carbocycles. The van der Waals surface area contributed by atoms with Gasteiger partial charge in [0.15, 0.2) is 0 Å². The van der Waals surface area contributed by atoms with Gasteiger partial charge in [0.1, 0.15) is 5.82 Å². The standard InChI is InChI=1S/C11H14FNO/c12-10-5-2-6-11(13)9(10)7-14-8-3-1-4-8/h2,5-6,8H,1,3-4,7,13H2. The van der Waals surface area contributed by atoms with Crippen LogP contribution in [-0.2, 0) is 11.3 Å². The van der Waals surface area contributed by atoms with Crippen LogP contribution in [-0.4, -0.2) is 6.10 Å². The third-order valence-electron chi connectivity index (χ3n) is 2.67. The topological polar surface area (TPSA) is 35.2 Å². The molecule has 0 spiro atoms. The number of hydrogen-bond donors (Lipinski definition) is 1. The number of nitrogen functional groups attached to an aromatic ring is 1. The summed E-state index contributed by atoms with van der Waals surface area (Å²) in [5, 5.41) is 0. The number of ether oxygens (including phenoxy) is 1. The minimum Gasteiger partial charge on any atom is -0.398 e. The Kier molecular flexibility index (Phi) is 2.68. The Bertz CT molecular complexity index is 303. The number of halogens is 1. The maximum absolute atomic E-state index is 13.3. The zero-order chi connectivity index (χ0) is 9.97. The highest BCUT2D eigenvalue weighted by molar-refractivity contribution is 5.46. The number of benzene rings is 1. The Morgan fingerprint density at radius 2 is 2.21 bits per heavy atom. The summed E-state index contributed by atoms with van der Waals surface area (Å²) in [7, 11) is 0. The van der Waals surface area contributed by atoms with Gasteiger partial charge < -0.3 is 10.5 Å². The van der Waals surface area contributed by atoms with Crippen LogP contribution in [0.2, 0.25) is 0 Å². The fourth-order valence-electron chi connectivity index (χ4n) is 1.47. The Morgan fingerprint density at radius 1 is 1.43 bits per heavy atom. The van der Waals surface area contributed by atoms with Crippen LogP contribution < -0.4 is 5.73 Å². The number of nitrogens with two attached hydrogens (primary N) is 1. The molecule has 1 aliphatic carbocycles. The Hall–Kier alpha value is -1.09. The van der Waals surface area contributed by atoms with Crippen molar-refractivity contribution >= 4 is 5.69 Å². The van der Waals surface area contributed by atoms with Crippen molar-refractivity contribution in [3.8, 4) is 0 Å². The van der Waals surface area contributed by atoms with Crippen LogP contribution in [0.3, 0.4) is 0 Å². The van der Waals surface area contributed by atoms with E-state index >= 15 is 0 Å². The lowest BCUT2D eigenvalue weighted by Crippen LogP contribution is -2.21. The zero-order valence-corrected chi connectivity index (χ0v) is 8.00. The first-order valence-electron chi connectivity index (χ1n) is 4.92. The highest BCUT2D eigenvalue weighted by atomic mass is 19.1. The van der Waals surface area contributed by atoms with Gasteiger partial charge in [-0.2, -0.15) is 0 Å². The molecule has 1 aliphatic rings. The first-order valence-corrected chi connectivity index (χ1v) is 4.92. The molecule has 1 aromatic rings. The third-order valence-corrected chi connectivity index (χ3v) is 2.67. The Balaban J connectivity index is 2.00. The van der Waals surface area contributed by atoms with Gasteiger partial charge in [-0.25, -0.2) is 4.39 Å². The van der Waals surface area contributed by atoms with E-state index in [0.717, 1.165) is 12.8 Å². The van der Waals surface area contributed by atoms with Crippen LogP contribution in [0.5, 0.6) is 0 Å². The summed E-state index contributed by atoms with van der Waals surface area (Å²) in [5.74, 6) is -0.274. The van der Waals surface area contributed by atoms with E-state index in [1.807, 2.05) is 0 Å². The van der Waals surface area contributed by atoms with Crippen molar-refractivity contribution < 1.29 is 9.13 Å². The van der Waals surface area contributed by atoms with Gasteiger partial charge in [-0.15, -0.1) is 0 Å². The van der Waals surface area contributed by atoms with Crippen molar-refractivity contribution in [3.63, 3.8) is 0 Å². The number of hydrogen-bond acceptors (Lipinski definition) is 2. The van der Waals surface area contributed by atoms with E-state index in [0.29, 0.717) is 24.0 Å². The first-order chi connectivity index (χ1) is 6.77. The van der Waals surface area contributed by atoms with Crippen molar-refractivity contribution in [2.24, 2.45) is 0 Å². The molecule has 0 saturated heterocycles. The maximum atomic E-state index is 13.3. The van der Waals surface area contributed by atoms with Crippen LogP contribution >= 0.6 is 0 Å². The fraction of sp³-hybridized carbons (Fsp3) is 0.455. The summed E-state index contributed by atoms with van der Waals surface area (Å²) >= 11 is 0. The molecular formula is C11H14FNO. The molecule has 2 N–H and O–H groups in total. The van der Waals surface area contributed by atoms with Crippen molar-refractivity contribution in [2.75, 3.05) is 5.73 Å². The van der Waals surface area contributed by atoms with Crippen LogP contribution in [0.25, 0.3) is 0 Å². The van der Waals surface area contributed by atoms with Gasteiger partial charge in [0.2, 0.25) is 0 Å². The summed E-state index contributed by atoms with van der Waals surface area (Å²) in [6, 6.07) is 4.72. The first kappa shape index (κ1) is 9.46. The summed E-state index contributed by atoms with van der Waals surface area (Å²) < 4.78 is 18.8. The van der Waals surface area contributed by atoms with E-state index in [2.05, 4.69) is 0 Å². The van der Waals surface area contributed by atoms with Crippen molar-refractivity contribution in [2.45, 2.75) is 32.0 Å². The van der Waals surface area contributed by atoms with Gasteiger partial charge in [0, 0.05) is 11.3 Å². The highest BCUT2D eigenvalue weighted by Crippen LogP contribution is 2.25. The predicted molar refractivity (Wildman–Crippen MR) is 53.2 cm³/mol. The summed E-state index contributed by atoms with van der Waals surface area (Å²) in [6.07, 6.45) is 3.72. The van der Waals surface area contributed by atoms with Gasteiger partial charge >= 0.3 is 0 Å². The molecular weight excluding hydrogens is 181 g/mol. The second-order valence-corrected chi connectivity index (χ2v) is 3.67. The molecule has 0 heterocycles. The second-order valence-electron chi connectivity index (χ2n) is 3.67. The Labute approximate surface area is 82.9 Å². The molecule has 1 saturated carbocycles. The minimum atomic E-state index is -0.274. The SMILES string of the molecule is Nc1cccc(F)c1COC1CCC1. The van der Waals surface area contributed by atoms with Gasteiger partial charge in [-0.3, -0.25) is 0 Å². The molecule has 0 bridgehead atoms. The quantitative estimate of drug-likeness (QED) is 0.752. The minimum absolute atomic E-state index is 0.274. The van der Waals surface area contributed by atoms with Crippen LogP contribution in [0.15, 0.2) is 18.2 Å².